The number of carbonyl (C=O) groups is 1. The van der Waals surface area contributed by atoms with Gasteiger partial charge in [-0.15, -0.1) is 0 Å². The normalized spacial score (nSPS) is 15.8. The van der Waals surface area contributed by atoms with Crippen LogP contribution >= 0.6 is 0 Å². The van der Waals surface area contributed by atoms with Crippen molar-refractivity contribution in [3.8, 4) is 0 Å². The van der Waals surface area contributed by atoms with Crippen molar-refractivity contribution >= 4 is 22.4 Å². The fourth-order valence-corrected chi connectivity index (χ4v) is 3.82. The van der Waals surface area contributed by atoms with Crippen molar-refractivity contribution in [3.63, 3.8) is 0 Å². The van der Waals surface area contributed by atoms with Crippen LogP contribution in [0.3, 0.4) is 0 Å². The molecule has 4 rings (SSSR count). The average Bonchev–Trinajstić information content (AvgIpc) is 2.79. The highest BCUT2D eigenvalue weighted by Gasteiger charge is 2.16. The lowest BCUT2D eigenvalue weighted by molar-refractivity contribution is -0.117. The Kier molecular flexibility index (Phi) is 6.74. The maximum Gasteiger partial charge on any atom is 0.241 e. The Morgan fingerprint density at radius 1 is 0.967 bits per heavy atom. The summed E-state index contributed by atoms with van der Waals surface area (Å²) in [4.78, 5) is 15.2. The van der Waals surface area contributed by atoms with E-state index in [0.29, 0.717) is 6.54 Å². The predicted molar refractivity (Wildman–Crippen MR) is 121 cm³/mol. The van der Waals surface area contributed by atoms with Gasteiger partial charge in [-0.25, -0.2) is 0 Å². The maximum atomic E-state index is 12.8. The average molecular weight is 404 g/mol. The summed E-state index contributed by atoms with van der Waals surface area (Å²) in [6.45, 7) is 7.00. The number of amides is 1. The number of benzene rings is 3. The number of morpholine rings is 1. The molecule has 0 aromatic heterocycles. The third-order valence-corrected chi connectivity index (χ3v) is 5.66. The van der Waals surface area contributed by atoms with Crippen molar-refractivity contribution in [2.45, 2.75) is 26.1 Å². The van der Waals surface area contributed by atoms with Crippen molar-refractivity contribution in [2.24, 2.45) is 0 Å². The van der Waals surface area contributed by atoms with Gasteiger partial charge < -0.3 is 15.4 Å². The number of fused-ring (bicyclic) bond motifs is 1. The first-order chi connectivity index (χ1) is 14.7. The standard InChI is InChI=1S/C25H29N3O2/c1-19(25(29)27-24-12-6-10-20-7-4-5-11-23(20)24)26-17-21-8-2-3-9-22(21)18-28-13-15-30-16-14-28/h2-12,19,26H,13-18H2,1H3,(H,27,29)/t19-/m1/s1. The Morgan fingerprint density at radius 3 is 2.50 bits per heavy atom. The monoisotopic (exact) mass is 403 g/mol. The Morgan fingerprint density at radius 2 is 1.67 bits per heavy atom. The summed E-state index contributed by atoms with van der Waals surface area (Å²) in [6, 6.07) is 22.2. The summed E-state index contributed by atoms with van der Waals surface area (Å²) in [7, 11) is 0. The highest BCUT2D eigenvalue weighted by atomic mass is 16.5. The molecule has 5 nitrogen and oxygen atoms in total. The van der Waals surface area contributed by atoms with E-state index >= 15 is 0 Å². The van der Waals surface area contributed by atoms with E-state index in [0.717, 1.165) is 49.3 Å². The summed E-state index contributed by atoms with van der Waals surface area (Å²) in [5.41, 5.74) is 3.38. The van der Waals surface area contributed by atoms with Crippen LogP contribution in [0.5, 0.6) is 0 Å². The third kappa shape index (κ3) is 5.05. The Hall–Kier alpha value is -2.73. The van der Waals surface area contributed by atoms with E-state index in [2.05, 4.69) is 51.9 Å². The van der Waals surface area contributed by atoms with Crippen molar-refractivity contribution in [1.82, 2.24) is 10.2 Å². The van der Waals surface area contributed by atoms with Gasteiger partial charge in [-0.2, -0.15) is 0 Å². The Labute approximate surface area is 178 Å². The maximum absolute atomic E-state index is 12.8. The number of nitrogens with zero attached hydrogens (tertiary/aromatic N) is 1. The molecule has 156 valence electrons. The summed E-state index contributed by atoms with van der Waals surface area (Å²) < 4.78 is 5.45. The zero-order valence-corrected chi connectivity index (χ0v) is 17.4. The van der Waals surface area contributed by atoms with Gasteiger partial charge >= 0.3 is 0 Å². The second kappa shape index (κ2) is 9.85. The lowest BCUT2D eigenvalue weighted by Crippen LogP contribution is -2.38. The number of hydrogen-bond donors (Lipinski definition) is 2. The van der Waals surface area contributed by atoms with Crippen LogP contribution in [-0.2, 0) is 22.6 Å². The number of carbonyl (C=O) groups excluding carboxylic acids is 1. The molecule has 0 bridgehead atoms. The quantitative estimate of drug-likeness (QED) is 0.630. The van der Waals surface area contributed by atoms with E-state index < -0.39 is 0 Å². The second-order valence-corrected chi connectivity index (χ2v) is 7.78. The fraction of sp³-hybridized carbons (Fsp3) is 0.320. The molecule has 1 saturated heterocycles. The van der Waals surface area contributed by atoms with E-state index in [-0.39, 0.29) is 11.9 Å². The van der Waals surface area contributed by atoms with Gasteiger partial charge in [0.25, 0.3) is 0 Å². The van der Waals surface area contributed by atoms with E-state index in [4.69, 9.17) is 4.74 Å². The van der Waals surface area contributed by atoms with Crippen LogP contribution in [0.25, 0.3) is 10.8 Å². The number of rotatable bonds is 7. The van der Waals surface area contributed by atoms with Gasteiger partial charge in [-0.05, 0) is 29.5 Å². The molecule has 3 aromatic carbocycles. The minimum Gasteiger partial charge on any atom is -0.379 e. The molecule has 1 amide bonds. The molecule has 3 aromatic rings. The predicted octanol–water partition coefficient (Wildman–Crippen LogP) is 3.79. The molecule has 1 fully saturated rings. The second-order valence-electron chi connectivity index (χ2n) is 7.78. The number of anilines is 1. The minimum atomic E-state index is -0.305. The molecular weight excluding hydrogens is 374 g/mol. The molecule has 2 N–H and O–H groups in total. The van der Waals surface area contributed by atoms with Gasteiger partial charge in [0.15, 0.2) is 0 Å². The molecule has 30 heavy (non-hydrogen) atoms. The molecule has 1 atom stereocenters. The fourth-order valence-electron chi connectivity index (χ4n) is 3.82. The van der Waals surface area contributed by atoms with Crippen molar-refractivity contribution < 1.29 is 9.53 Å². The smallest absolute Gasteiger partial charge is 0.241 e. The molecule has 0 unspecified atom stereocenters. The van der Waals surface area contributed by atoms with Gasteiger partial charge in [0.05, 0.1) is 19.3 Å². The lowest BCUT2D eigenvalue weighted by Gasteiger charge is -2.27. The zero-order valence-electron chi connectivity index (χ0n) is 17.4. The first kappa shape index (κ1) is 20.5. The molecule has 1 heterocycles. The molecule has 0 spiro atoms. The van der Waals surface area contributed by atoms with Crippen LogP contribution in [0.15, 0.2) is 66.7 Å². The Balaban J connectivity index is 1.37. The summed E-state index contributed by atoms with van der Waals surface area (Å²) in [5.74, 6) is -0.0305. The molecular formula is C25H29N3O2. The summed E-state index contributed by atoms with van der Waals surface area (Å²) in [6.07, 6.45) is 0. The molecule has 5 heteroatoms. The van der Waals surface area contributed by atoms with Gasteiger partial charge in [-0.3, -0.25) is 9.69 Å². The summed E-state index contributed by atoms with van der Waals surface area (Å²) >= 11 is 0. The van der Waals surface area contributed by atoms with E-state index in [1.807, 2.05) is 37.3 Å². The molecule has 0 radical (unpaired) electrons. The van der Waals surface area contributed by atoms with Crippen LogP contribution in [0.2, 0.25) is 0 Å². The van der Waals surface area contributed by atoms with Crippen LogP contribution < -0.4 is 10.6 Å². The van der Waals surface area contributed by atoms with Gasteiger partial charge in [-0.1, -0.05) is 60.7 Å². The minimum absolute atomic E-state index is 0.0305. The molecule has 0 aliphatic carbocycles. The number of nitrogens with one attached hydrogen (secondary N) is 2. The first-order valence-electron chi connectivity index (χ1n) is 10.6. The largest absolute Gasteiger partial charge is 0.379 e. The third-order valence-electron chi connectivity index (χ3n) is 5.66. The SMILES string of the molecule is C[C@@H](NCc1ccccc1CN1CCOCC1)C(=O)Nc1cccc2ccccc12. The van der Waals surface area contributed by atoms with Gasteiger partial charge in [0.1, 0.15) is 0 Å². The van der Waals surface area contributed by atoms with Crippen LogP contribution in [-0.4, -0.2) is 43.2 Å². The van der Waals surface area contributed by atoms with E-state index in [9.17, 15) is 4.79 Å². The van der Waals surface area contributed by atoms with Gasteiger partial charge in [0, 0.05) is 37.3 Å². The molecule has 1 aliphatic heterocycles. The van der Waals surface area contributed by atoms with Crippen LogP contribution in [0.1, 0.15) is 18.1 Å². The van der Waals surface area contributed by atoms with Crippen molar-refractivity contribution in [2.75, 3.05) is 31.6 Å². The first-order valence-corrected chi connectivity index (χ1v) is 10.6. The highest BCUT2D eigenvalue weighted by molar-refractivity contribution is 6.03. The van der Waals surface area contributed by atoms with E-state index in [1.54, 1.807) is 0 Å². The van der Waals surface area contributed by atoms with Gasteiger partial charge in [0.2, 0.25) is 5.91 Å². The highest BCUT2D eigenvalue weighted by Crippen LogP contribution is 2.23. The van der Waals surface area contributed by atoms with Crippen molar-refractivity contribution in [3.05, 3.63) is 77.9 Å². The Bertz CT molecular complexity index is 993. The lowest BCUT2D eigenvalue weighted by atomic mass is 10.1. The zero-order chi connectivity index (χ0) is 20.8. The molecule has 0 saturated carbocycles. The number of ether oxygens (including phenoxy) is 1. The van der Waals surface area contributed by atoms with E-state index in [1.165, 1.54) is 11.1 Å². The number of hydrogen-bond acceptors (Lipinski definition) is 4. The molecule has 1 aliphatic rings. The topological polar surface area (TPSA) is 53.6 Å². The van der Waals surface area contributed by atoms with Crippen LogP contribution in [0.4, 0.5) is 5.69 Å². The summed E-state index contributed by atoms with van der Waals surface area (Å²) in [5, 5.41) is 8.64. The van der Waals surface area contributed by atoms with Crippen LogP contribution in [0, 0.1) is 0 Å². The van der Waals surface area contributed by atoms with Crippen molar-refractivity contribution in [1.29, 1.82) is 0 Å².